The Hall–Kier alpha value is -2.79. The summed E-state index contributed by atoms with van der Waals surface area (Å²) in [6.45, 7) is 3.72. The molecule has 1 saturated heterocycles. The van der Waals surface area contributed by atoms with Gasteiger partial charge in [-0.3, -0.25) is 9.69 Å². The third-order valence-corrected chi connectivity index (χ3v) is 5.57. The highest BCUT2D eigenvalue weighted by atomic mass is 32.2. The Bertz CT molecular complexity index is 993. The van der Waals surface area contributed by atoms with Gasteiger partial charge in [-0.25, -0.2) is 4.99 Å². The Labute approximate surface area is 164 Å². The molecule has 0 unspecified atom stereocenters. The molecule has 1 heterocycles. The van der Waals surface area contributed by atoms with Crippen molar-refractivity contribution in [3.05, 3.63) is 65.2 Å². The van der Waals surface area contributed by atoms with Crippen LogP contribution >= 0.6 is 11.8 Å². The topological polar surface area (TPSA) is 56.5 Å². The van der Waals surface area contributed by atoms with Gasteiger partial charge in [0.1, 0.15) is 0 Å². The molecule has 0 atom stereocenters. The fourth-order valence-corrected chi connectivity index (χ4v) is 4.03. The molecular weight excluding hydrogens is 387 g/mol. The molecule has 144 valence electrons. The number of carbonyl (C=O) groups is 1. The largest absolute Gasteiger partial charge is 0.416 e. The fraction of sp³-hybridized carbons (Fsp3) is 0.250. The predicted molar refractivity (Wildman–Crippen MR) is 102 cm³/mol. The summed E-state index contributed by atoms with van der Waals surface area (Å²) in [5, 5.41) is 9.39. The third-order valence-electron chi connectivity index (χ3n) is 4.19. The number of carbonyl (C=O) groups excluding carboxylic acids is 1. The van der Waals surface area contributed by atoms with Crippen molar-refractivity contribution in [2.45, 2.75) is 25.6 Å². The Kier molecular flexibility index (Phi) is 5.22. The van der Waals surface area contributed by atoms with Gasteiger partial charge in [-0.2, -0.15) is 18.4 Å². The van der Waals surface area contributed by atoms with Crippen molar-refractivity contribution in [1.82, 2.24) is 4.90 Å². The lowest BCUT2D eigenvalue weighted by Crippen LogP contribution is -2.46. The number of aliphatic imine (C=N–C) groups is 1. The number of alkyl halides is 3. The van der Waals surface area contributed by atoms with Gasteiger partial charge in [-0.05, 0) is 50.2 Å². The number of nitrogens with zero attached hydrogens (tertiary/aromatic N) is 3. The first kappa shape index (κ1) is 20.0. The zero-order valence-corrected chi connectivity index (χ0v) is 15.9. The summed E-state index contributed by atoms with van der Waals surface area (Å²) >= 11 is 1.31. The molecule has 3 rings (SSSR count). The van der Waals surface area contributed by atoms with Crippen LogP contribution in [-0.4, -0.2) is 27.3 Å². The van der Waals surface area contributed by atoms with Crippen molar-refractivity contribution in [2.75, 3.05) is 5.75 Å². The van der Waals surface area contributed by atoms with E-state index < -0.39 is 17.3 Å². The minimum Gasteiger partial charge on any atom is -0.281 e. The summed E-state index contributed by atoms with van der Waals surface area (Å²) in [6.07, 6.45) is -4.47. The van der Waals surface area contributed by atoms with Crippen molar-refractivity contribution >= 4 is 28.5 Å². The maximum atomic E-state index is 13.1. The van der Waals surface area contributed by atoms with Gasteiger partial charge in [0.2, 0.25) is 0 Å². The van der Waals surface area contributed by atoms with Crippen LogP contribution in [0.2, 0.25) is 0 Å². The van der Waals surface area contributed by atoms with Crippen molar-refractivity contribution in [2.24, 2.45) is 4.99 Å². The Balaban J connectivity index is 2.00. The predicted octanol–water partition coefficient (Wildman–Crippen LogP) is 5.23. The van der Waals surface area contributed by atoms with E-state index in [0.29, 0.717) is 22.0 Å². The van der Waals surface area contributed by atoms with Crippen LogP contribution < -0.4 is 0 Å². The maximum Gasteiger partial charge on any atom is 0.416 e. The first-order valence-corrected chi connectivity index (χ1v) is 9.34. The lowest BCUT2D eigenvalue weighted by Gasteiger charge is -2.30. The zero-order valence-electron chi connectivity index (χ0n) is 15.1. The standard InChI is InChI=1S/C20H16F3N3OS/c1-19(2)12-28-18(25-16-8-4-7-15(10-16)20(21,22)23)26(19)17(27)14-6-3-5-13(9-14)11-24/h3-10H,12H2,1-2H3. The zero-order chi connectivity index (χ0) is 20.5. The van der Waals surface area contributed by atoms with Crippen LogP contribution in [0.1, 0.15) is 35.3 Å². The summed E-state index contributed by atoms with van der Waals surface area (Å²) in [5.74, 6) is 0.201. The van der Waals surface area contributed by atoms with Gasteiger partial charge >= 0.3 is 6.18 Å². The quantitative estimate of drug-likeness (QED) is 0.690. The summed E-state index contributed by atoms with van der Waals surface area (Å²) in [4.78, 5) is 18.9. The average molecular weight is 403 g/mol. The Morgan fingerprint density at radius 3 is 2.61 bits per heavy atom. The summed E-state index contributed by atoms with van der Waals surface area (Å²) in [5.41, 5.74) is -0.571. The first-order chi connectivity index (χ1) is 13.1. The van der Waals surface area contributed by atoms with E-state index in [1.807, 2.05) is 19.9 Å². The SMILES string of the molecule is CC1(C)CSC(=Nc2cccc(C(F)(F)F)c2)N1C(=O)c1cccc(C#N)c1. The highest BCUT2D eigenvalue weighted by molar-refractivity contribution is 8.14. The molecule has 0 spiro atoms. The minimum absolute atomic E-state index is 0.124. The van der Waals surface area contributed by atoms with Gasteiger partial charge in [-0.1, -0.05) is 23.9 Å². The first-order valence-electron chi connectivity index (χ1n) is 8.35. The van der Waals surface area contributed by atoms with E-state index in [-0.39, 0.29) is 11.6 Å². The van der Waals surface area contributed by atoms with Gasteiger partial charge in [0, 0.05) is 11.3 Å². The molecule has 28 heavy (non-hydrogen) atoms. The number of rotatable bonds is 2. The van der Waals surface area contributed by atoms with E-state index in [1.54, 1.807) is 18.2 Å². The molecule has 8 heteroatoms. The second kappa shape index (κ2) is 7.32. The summed E-state index contributed by atoms with van der Waals surface area (Å²) in [6, 6.07) is 13.0. The van der Waals surface area contributed by atoms with E-state index in [1.165, 1.54) is 34.9 Å². The molecule has 1 aliphatic rings. The molecule has 2 aromatic rings. The summed E-state index contributed by atoms with van der Waals surface area (Å²) < 4.78 is 38.9. The van der Waals surface area contributed by atoms with E-state index >= 15 is 0 Å². The van der Waals surface area contributed by atoms with Gasteiger partial charge in [0.25, 0.3) is 5.91 Å². The molecule has 0 N–H and O–H groups in total. The van der Waals surface area contributed by atoms with Crippen molar-refractivity contribution in [3.8, 4) is 6.07 Å². The van der Waals surface area contributed by atoms with Gasteiger partial charge in [-0.15, -0.1) is 0 Å². The highest BCUT2D eigenvalue weighted by Crippen LogP contribution is 2.37. The van der Waals surface area contributed by atoms with Gasteiger partial charge < -0.3 is 0 Å². The van der Waals surface area contributed by atoms with Crippen LogP contribution in [0.5, 0.6) is 0 Å². The number of amides is 1. The number of thioether (sulfide) groups is 1. The second-order valence-electron chi connectivity index (χ2n) is 6.88. The van der Waals surface area contributed by atoms with Crippen LogP contribution in [0.3, 0.4) is 0 Å². The molecule has 1 aliphatic heterocycles. The van der Waals surface area contributed by atoms with Gasteiger partial charge in [0.05, 0.1) is 28.4 Å². The number of hydrogen-bond acceptors (Lipinski definition) is 4. The van der Waals surface area contributed by atoms with Crippen LogP contribution in [0.15, 0.2) is 53.5 Å². The summed E-state index contributed by atoms with van der Waals surface area (Å²) in [7, 11) is 0. The highest BCUT2D eigenvalue weighted by Gasteiger charge is 2.42. The van der Waals surface area contributed by atoms with Crippen LogP contribution in [0, 0.1) is 11.3 Å². The average Bonchev–Trinajstić information content (AvgIpc) is 2.94. The fourth-order valence-electron chi connectivity index (χ4n) is 2.79. The lowest BCUT2D eigenvalue weighted by molar-refractivity contribution is -0.137. The molecule has 2 aromatic carbocycles. The Morgan fingerprint density at radius 2 is 1.93 bits per heavy atom. The molecule has 0 radical (unpaired) electrons. The Morgan fingerprint density at radius 1 is 1.21 bits per heavy atom. The molecule has 1 fully saturated rings. The molecule has 0 aliphatic carbocycles. The normalized spacial score (nSPS) is 17.6. The van der Waals surface area contributed by atoms with Gasteiger partial charge in [0.15, 0.2) is 5.17 Å². The van der Waals surface area contributed by atoms with E-state index in [4.69, 9.17) is 5.26 Å². The molecule has 0 saturated carbocycles. The molecule has 4 nitrogen and oxygen atoms in total. The van der Waals surface area contributed by atoms with Crippen molar-refractivity contribution < 1.29 is 18.0 Å². The molecule has 0 bridgehead atoms. The smallest absolute Gasteiger partial charge is 0.281 e. The molecule has 0 aromatic heterocycles. The molecular formula is C20H16F3N3OS. The monoisotopic (exact) mass is 403 g/mol. The van der Waals surface area contributed by atoms with Crippen LogP contribution in [0.25, 0.3) is 0 Å². The van der Waals surface area contributed by atoms with Crippen LogP contribution in [-0.2, 0) is 6.18 Å². The van der Waals surface area contributed by atoms with E-state index in [0.717, 1.165) is 12.1 Å². The van der Waals surface area contributed by atoms with Crippen molar-refractivity contribution in [1.29, 1.82) is 5.26 Å². The minimum atomic E-state index is -4.47. The number of nitriles is 1. The third kappa shape index (κ3) is 4.04. The lowest BCUT2D eigenvalue weighted by atomic mass is 10.0. The number of amidine groups is 1. The number of halogens is 3. The van der Waals surface area contributed by atoms with E-state index in [2.05, 4.69) is 4.99 Å². The number of benzene rings is 2. The maximum absolute atomic E-state index is 13.1. The van der Waals surface area contributed by atoms with Crippen molar-refractivity contribution in [3.63, 3.8) is 0 Å². The number of hydrogen-bond donors (Lipinski definition) is 0. The van der Waals surface area contributed by atoms with Crippen LogP contribution in [0.4, 0.5) is 18.9 Å². The molecule has 1 amide bonds. The van der Waals surface area contributed by atoms with E-state index in [9.17, 15) is 18.0 Å². The second-order valence-corrected chi connectivity index (χ2v) is 7.82.